The molecule has 0 fully saturated rings. The lowest BCUT2D eigenvalue weighted by Crippen LogP contribution is -2.73. The molecule has 0 heterocycles. The van der Waals surface area contributed by atoms with Crippen molar-refractivity contribution in [2.75, 3.05) is 39.9 Å². The maximum absolute atomic E-state index is 6.95. The summed E-state index contributed by atoms with van der Waals surface area (Å²) in [6.45, 7) is 0. The minimum Gasteiger partial charge on any atom is -0.387 e. The largest absolute Gasteiger partial charge is 0.492 e. The first-order valence-corrected chi connectivity index (χ1v) is 16.9. The van der Waals surface area contributed by atoms with Crippen LogP contribution in [0, 0.1) is 0 Å². The van der Waals surface area contributed by atoms with Gasteiger partial charge in [0.2, 0.25) is 0 Å². The van der Waals surface area contributed by atoms with Gasteiger partial charge in [-0.25, -0.2) is 0 Å². The summed E-state index contributed by atoms with van der Waals surface area (Å²) < 4.78 is 37.5. The zero-order valence-corrected chi connectivity index (χ0v) is 23.2. The van der Waals surface area contributed by atoms with Gasteiger partial charge in [0, 0.05) is 40.5 Å². The first-order chi connectivity index (χ1) is 15.0. The number of hydrogen-bond acceptors (Lipinski definition) is 8. The van der Waals surface area contributed by atoms with E-state index in [0.29, 0.717) is 23.6 Å². The Morgan fingerprint density at radius 3 is 1.16 bits per heavy atom. The maximum atomic E-state index is 6.95. The predicted octanol–water partition coefficient (Wildman–Crippen LogP) is 2.60. The summed E-state index contributed by atoms with van der Waals surface area (Å²) >= 11 is 8.84. The molecule has 0 unspecified atom stereocenters. The van der Waals surface area contributed by atoms with Crippen LogP contribution in [0.3, 0.4) is 0 Å². The zero-order valence-electron chi connectivity index (χ0n) is 18.4. The first kappa shape index (κ1) is 26.8. The van der Waals surface area contributed by atoms with E-state index in [2.05, 4.69) is 25.3 Å². The van der Waals surface area contributed by atoms with Crippen LogP contribution in [0.1, 0.15) is 0 Å². The monoisotopic (exact) mass is 516 g/mol. The van der Waals surface area contributed by atoms with E-state index < -0.39 is 26.2 Å². The lowest BCUT2D eigenvalue weighted by Gasteiger charge is -2.42. The lowest BCUT2D eigenvalue weighted by molar-refractivity contribution is 0.122. The summed E-state index contributed by atoms with van der Waals surface area (Å²) in [6.07, 6.45) is 0. The molecule has 11 heteroatoms. The highest BCUT2D eigenvalue weighted by Crippen LogP contribution is 2.27. The van der Waals surface area contributed by atoms with E-state index in [4.69, 9.17) is 25.9 Å². The van der Waals surface area contributed by atoms with Crippen LogP contribution in [-0.4, -0.2) is 66.1 Å². The van der Waals surface area contributed by atoms with Crippen LogP contribution >= 0.6 is 25.3 Å². The van der Waals surface area contributed by atoms with Crippen molar-refractivity contribution in [2.24, 2.45) is 0 Å². The minimum absolute atomic E-state index is 0.530. The van der Waals surface area contributed by atoms with Crippen LogP contribution in [0.25, 0.3) is 0 Å². The standard InChI is InChI=1S/C20H32O6S2Si3/c1-21-29(22-2,17-15-27)25-31(19-11-7-5-8-12-19,20-13-9-6-10-14-20)26-30(23-3,24-4)18-16-28/h5-14,27-28H,15-18H2,1-4H3. The Balaban J connectivity index is 2.79. The van der Waals surface area contributed by atoms with Gasteiger partial charge < -0.3 is 25.9 Å². The summed E-state index contributed by atoms with van der Waals surface area (Å²) in [4.78, 5) is 0. The highest BCUT2D eigenvalue weighted by atomic mass is 32.1. The van der Waals surface area contributed by atoms with Crippen LogP contribution < -0.4 is 10.4 Å². The number of hydrogen-bond donors (Lipinski definition) is 2. The van der Waals surface area contributed by atoms with Crippen LogP contribution in [0.5, 0.6) is 0 Å². The third-order valence-corrected chi connectivity index (χ3v) is 17.5. The second kappa shape index (κ2) is 12.7. The molecule has 0 aliphatic rings. The lowest BCUT2D eigenvalue weighted by atomic mass is 10.4. The molecule has 2 rings (SSSR count). The Hall–Kier alpha value is -0.449. The molecule has 0 saturated carbocycles. The van der Waals surface area contributed by atoms with E-state index in [1.54, 1.807) is 28.4 Å². The Morgan fingerprint density at radius 1 is 0.581 bits per heavy atom. The average molecular weight is 517 g/mol. The van der Waals surface area contributed by atoms with Crippen molar-refractivity contribution in [1.29, 1.82) is 0 Å². The molecule has 172 valence electrons. The summed E-state index contributed by atoms with van der Waals surface area (Å²) in [5, 5.41) is 1.83. The molecule has 0 bridgehead atoms. The quantitative estimate of drug-likeness (QED) is 0.297. The van der Waals surface area contributed by atoms with Crippen molar-refractivity contribution in [3.8, 4) is 0 Å². The summed E-state index contributed by atoms with van der Waals surface area (Å²) in [6, 6.07) is 20.9. The maximum Gasteiger partial charge on any atom is 0.492 e. The van der Waals surface area contributed by atoms with Gasteiger partial charge in [-0.3, -0.25) is 0 Å². The molecule has 0 aliphatic heterocycles. The van der Waals surface area contributed by atoms with Crippen LogP contribution in [0.2, 0.25) is 12.1 Å². The third-order valence-electron chi connectivity index (χ3n) is 4.99. The van der Waals surface area contributed by atoms with Gasteiger partial charge in [-0.05, 0) is 21.9 Å². The minimum atomic E-state index is -3.42. The van der Waals surface area contributed by atoms with Gasteiger partial charge in [0.05, 0.1) is 0 Å². The van der Waals surface area contributed by atoms with Crippen molar-refractivity contribution in [2.45, 2.75) is 12.1 Å². The van der Waals surface area contributed by atoms with E-state index in [-0.39, 0.29) is 0 Å². The molecular formula is C20H32O6S2Si3. The van der Waals surface area contributed by atoms with Crippen molar-refractivity contribution in [1.82, 2.24) is 0 Å². The SMILES string of the molecule is CO[Si](CCS)(OC)O[Si](O[Si](CCS)(OC)OC)(c1ccccc1)c1ccccc1. The highest BCUT2D eigenvalue weighted by Gasteiger charge is 2.58. The van der Waals surface area contributed by atoms with Crippen LogP contribution in [0.4, 0.5) is 0 Å². The smallest absolute Gasteiger partial charge is 0.387 e. The molecular weight excluding hydrogens is 485 g/mol. The molecule has 31 heavy (non-hydrogen) atoms. The van der Waals surface area contributed by atoms with Gasteiger partial charge in [0.15, 0.2) is 0 Å². The molecule has 0 radical (unpaired) electrons. The van der Waals surface area contributed by atoms with E-state index >= 15 is 0 Å². The number of thiol groups is 2. The van der Waals surface area contributed by atoms with Gasteiger partial charge in [0.25, 0.3) is 0 Å². The van der Waals surface area contributed by atoms with Gasteiger partial charge in [-0.1, -0.05) is 60.7 Å². The van der Waals surface area contributed by atoms with Gasteiger partial charge in [-0.2, -0.15) is 25.3 Å². The molecule has 2 aromatic carbocycles. The van der Waals surface area contributed by atoms with Crippen molar-refractivity contribution in [3.63, 3.8) is 0 Å². The van der Waals surface area contributed by atoms with Crippen LogP contribution in [0.15, 0.2) is 60.7 Å². The summed E-state index contributed by atoms with van der Waals surface area (Å²) in [5.74, 6) is 1.10. The van der Waals surface area contributed by atoms with E-state index in [0.717, 1.165) is 10.4 Å². The molecule has 6 nitrogen and oxygen atoms in total. The first-order valence-electron chi connectivity index (χ1n) is 9.93. The Morgan fingerprint density at radius 2 is 0.903 bits per heavy atom. The normalized spacial score (nSPS) is 12.8. The second-order valence-corrected chi connectivity index (χ2v) is 17.0. The highest BCUT2D eigenvalue weighted by molar-refractivity contribution is 7.80. The molecule has 0 amide bonds. The molecule has 0 saturated heterocycles. The van der Waals surface area contributed by atoms with E-state index in [1.807, 2.05) is 60.7 Å². The van der Waals surface area contributed by atoms with Crippen molar-refractivity contribution >= 4 is 61.8 Å². The Labute approximate surface area is 200 Å². The van der Waals surface area contributed by atoms with E-state index in [9.17, 15) is 0 Å². The topological polar surface area (TPSA) is 55.4 Å². The fraction of sp³-hybridized carbons (Fsp3) is 0.400. The molecule has 0 atom stereocenters. The summed E-state index contributed by atoms with van der Waals surface area (Å²) in [7, 11) is -3.26. The fourth-order valence-electron chi connectivity index (χ4n) is 3.29. The molecule has 0 aromatic heterocycles. The zero-order chi connectivity index (χ0) is 22.8. The van der Waals surface area contributed by atoms with Gasteiger partial charge in [0.1, 0.15) is 0 Å². The van der Waals surface area contributed by atoms with Crippen molar-refractivity contribution in [3.05, 3.63) is 60.7 Å². The van der Waals surface area contributed by atoms with Crippen LogP contribution in [-0.2, 0) is 25.9 Å². The average Bonchev–Trinajstić information content (AvgIpc) is 2.84. The third kappa shape index (κ3) is 6.32. The molecule has 0 spiro atoms. The van der Waals surface area contributed by atoms with Gasteiger partial charge >= 0.3 is 26.2 Å². The van der Waals surface area contributed by atoms with Crippen molar-refractivity contribution < 1.29 is 25.9 Å². The van der Waals surface area contributed by atoms with E-state index in [1.165, 1.54) is 0 Å². The Kier molecular flexibility index (Phi) is 11.0. The molecule has 2 aromatic rings. The second-order valence-electron chi connectivity index (χ2n) is 6.68. The summed E-state index contributed by atoms with van der Waals surface area (Å²) in [5.41, 5.74) is 0. The molecule has 0 aliphatic carbocycles. The number of benzene rings is 2. The Bertz CT molecular complexity index is 699. The fourth-order valence-corrected chi connectivity index (χ4v) is 16.3. The van der Waals surface area contributed by atoms with Gasteiger partial charge in [-0.15, -0.1) is 0 Å². The predicted molar refractivity (Wildman–Crippen MR) is 137 cm³/mol. The molecule has 0 N–H and O–H groups in total. The number of rotatable bonds is 14.